The number of para-hydroxylation sites is 1. The van der Waals surface area contributed by atoms with Gasteiger partial charge in [0, 0.05) is 27.9 Å². The average molecular weight is 468 g/mol. The van der Waals surface area contributed by atoms with Gasteiger partial charge in [-0.05, 0) is 54.4 Å². The highest BCUT2D eigenvalue weighted by atomic mass is 32.1. The minimum atomic E-state index is -1.27. The summed E-state index contributed by atoms with van der Waals surface area (Å²) in [6.45, 7) is 5.83. The molecule has 3 heterocycles. The third kappa shape index (κ3) is 4.55. The molecule has 1 aromatic carbocycles. The van der Waals surface area contributed by atoms with Crippen LogP contribution in [-0.4, -0.2) is 23.2 Å². The van der Waals surface area contributed by atoms with Crippen molar-refractivity contribution < 1.29 is 14.3 Å². The molecule has 1 atom stereocenters. The molecule has 3 aromatic heterocycles. The first-order valence-electron chi connectivity index (χ1n) is 10.8. The fourth-order valence-corrected chi connectivity index (χ4v) is 5.62. The van der Waals surface area contributed by atoms with Crippen LogP contribution in [0, 0.1) is 0 Å². The van der Waals surface area contributed by atoms with E-state index < -0.39 is 5.60 Å². The maximum atomic E-state index is 11.8. The van der Waals surface area contributed by atoms with Gasteiger partial charge in [-0.15, -0.1) is 22.7 Å². The second-order valence-electron chi connectivity index (χ2n) is 7.91. The van der Waals surface area contributed by atoms with Crippen molar-refractivity contribution in [1.29, 1.82) is 0 Å². The summed E-state index contributed by atoms with van der Waals surface area (Å²) < 4.78 is 11.9. The van der Waals surface area contributed by atoms with Gasteiger partial charge in [0.05, 0.1) is 13.7 Å². The third-order valence-corrected chi connectivity index (χ3v) is 7.87. The lowest BCUT2D eigenvalue weighted by Gasteiger charge is -2.28. The van der Waals surface area contributed by atoms with Crippen LogP contribution < -0.4 is 4.74 Å². The van der Waals surface area contributed by atoms with Crippen molar-refractivity contribution in [2.45, 2.75) is 45.0 Å². The molecule has 6 heteroatoms. The summed E-state index contributed by atoms with van der Waals surface area (Å²) in [4.78, 5) is 4.10. The Bertz CT molecular complexity index is 1070. The summed E-state index contributed by atoms with van der Waals surface area (Å²) in [5.41, 5.74) is -0.125. The topological polar surface area (TPSA) is 45.8 Å². The molecular formula is C26H29NO3S2. The lowest BCUT2D eigenvalue weighted by atomic mass is 9.97. The number of methoxy groups -OCH3 is 1. The lowest BCUT2D eigenvalue weighted by Crippen LogP contribution is -2.31. The average Bonchev–Trinajstić information content (AvgIpc) is 3.60. The molecule has 4 nitrogen and oxygen atoms in total. The van der Waals surface area contributed by atoms with E-state index in [4.69, 9.17) is 9.15 Å². The molecule has 0 aliphatic heterocycles. The number of hydrogen-bond donors (Lipinski definition) is 1. The van der Waals surface area contributed by atoms with E-state index in [9.17, 15) is 5.11 Å². The fraction of sp³-hybridized carbons (Fsp3) is 0.308. The molecule has 4 rings (SSSR count). The molecule has 0 aliphatic carbocycles. The summed E-state index contributed by atoms with van der Waals surface area (Å²) in [6, 6.07) is 20.2. The summed E-state index contributed by atoms with van der Waals surface area (Å²) >= 11 is 3.07. The van der Waals surface area contributed by atoms with Crippen molar-refractivity contribution in [3.63, 3.8) is 0 Å². The highest BCUT2D eigenvalue weighted by Crippen LogP contribution is 2.42. The number of furan rings is 1. The molecule has 32 heavy (non-hydrogen) atoms. The van der Waals surface area contributed by atoms with Crippen LogP contribution >= 0.6 is 22.7 Å². The first-order chi connectivity index (χ1) is 15.6. The normalized spacial score (nSPS) is 12.9. The molecule has 0 amide bonds. The Morgan fingerprint density at radius 2 is 1.66 bits per heavy atom. The Labute approximate surface area is 197 Å². The van der Waals surface area contributed by atoms with Crippen LogP contribution in [0.2, 0.25) is 0 Å². The predicted octanol–water partition coefficient (Wildman–Crippen LogP) is 6.50. The minimum absolute atomic E-state index is 0.363. The largest absolute Gasteiger partial charge is 0.496 e. The predicted molar refractivity (Wildman–Crippen MR) is 131 cm³/mol. The Morgan fingerprint density at radius 1 is 0.969 bits per heavy atom. The van der Waals surface area contributed by atoms with Crippen molar-refractivity contribution >= 4 is 22.7 Å². The lowest BCUT2D eigenvalue weighted by molar-refractivity contribution is 0.100. The Balaban J connectivity index is 1.62. The minimum Gasteiger partial charge on any atom is -0.496 e. The van der Waals surface area contributed by atoms with Crippen molar-refractivity contribution in [3.8, 4) is 5.75 Å². The van der Waals surface area contributed by atoms with Gasteiger partial charge in [-0.25, -0.2) is 0 Å². The number of thiophene rings is 2. The maximum absolute atomic E-state index is 11.8. The van der Waals surface area contributed by atoms with E-state index in [1.54, 1.807) is 7.11 Å². The van der Waals surface area contributed by atoms with Crippen molar-refractivity contribution in [2.24, 2.45) is 0 Å². The van der Waals surface area contributed by atoms with Gasteiger partial charge in [-0.3, -0.25) is 4.90 Å². The van der Waals surface area contributed by atoms with Crippen LogP contribution in [0.5, 0.6) is 5.75 Å². The molecule has 1 N–H and O–H groups in total. The summed E-state index contributed by atoms with van der Waals surface area (Å²) in [5.74, 6) is 2.28. The number of ether oxygens (including phenoxy) is 1. The van der Waals surface area contributed by atoms with Crippen LogP contribution in [0.1, 0.15) is 47.1 Å². The van der Waals surface area contributed by atoms with Gasteiger partial charge in [0.25, 0.3) is 0 Å². The molecular weight excluding hydrogens is 438 g/mol. The van der Waals surface area contributed by atoms with Crippen LogP contribution in [0.3, 0.4) is 0 Å². The quantitative estimate of drug-likeness (QED) is 0.289. The molecule has 0 unspecified atom stereocenters. The first-order valence-corrected chi connectivity index (χ1v) is 12.6. The Kier molecular flexibility index (Phi) is 7.16. The van der Waals surface area contributed by atoms with Gasteiger partial charge in [0.1, 0.15) is 17.3 Å². The molecule has 0 radical (unpaired) electrons. The van der Waals surface area contributed by atoms with E-state index in [1.807, 2.05) is 65.4 Å². The van der Waals surface area contributed by atoms with E-state index >= 15 is 0 Å². The molecule has 0 bridgehead atoms. The second kappa shape index (κ2) is 10.0. The first kappa shape index (κ1) is 22.8. The van der Waals surface area contributed by atoms with E-state index in [0.29, 0.717) is 18.3 Å². The molecule has 0 fully saturated rings. The van der Waals surface area contributed by atoms with Crippen molar-refractivity contribution in [3.05, 3.63) is 98.3 Å². The number of hydrogen-bond acceptors (Lipinski definition) is 6. The molecule has 0 aliphatic rings. The summed E-state index contributed by atoms with van der Waals surface area (Å²) in [5, 5.41) is 15.8. The van der Waals surface area contributed by atoms with Gasteiger partial charge in [-0.2, -0.15) is 0 Å². The molecule has 4 aromatic rings. The van der Waals surface area contributed by atoms with Crippen LogP contribution in [0.25, 0.3) is 0 Å². The number of nitrogens with zero attached hydrogens (tertiary/aromatic N) is 1. The van der Waals surface area contributed by atoms with Gasteiger partial charge in [0.2, 0.25) is 0 Å². The van der Waals surface area contributed by atoms with Gasteiger partial charge < -0.3 is 14.3 Å². The molecule has 0 spiro atoms. The van der Waals surface area contributed by atoms with Crippen molar-refractivity contribution in [1.82, 2.24) is 4.90 Å². The number of benzene rings is 1. The van der Waals surface area contributed by atoms with Crippen LogP contribution in [0.15, 0.2) is 75.8 Å². The maximum Gasteiger partial charge on any atom is 0.191 e. The van der Waals surface area contributed by atoms with E-state index in [0.717, 1.165) is 39.8 Å². The standard InChI is InChI=1S/C26H29NO3S2/c1-4-19(2)27(17-20-9-5-6-10-22(20)29-3)18-21-13-14-23(30-21)26(28,24-11-7-15-31-24)25-12-8-16-32-25/h5-16,19,28H,4,17-18H2,1-3H3/t19-/m1/s1. The van der Waals surface area contributed by atoms with Crippen molar-refractivity contribution in [2.75, 3.05) is 7.11 Å². The van der Waals surface area contributed by atoms with E-state index in [2.05, 4.69) is 24.8 Å². The van der Waals surface area contributed by atoms with Gasteiger partial charge in [0.15, 0.2) is 5.60 Å². The SMILES string of the molecule is CC[C@@H](C)N(Cc1ccc(C(O)(c2cccs2)c2cccs2)o1)Cc1ccccc1OC. The highest BCUT2D eigenvalue weighted by Gasteiger charge is 2.39. The zero-order valence-electron chi connectivity index (χ0n) is 18.7. The zero-order valence-corrected chi connectivity index (χ0v) is 20.3. The zero-order chi connectivity index (χ0) is 22.6. The summed E-state index contributed by atoms with van der Waals surface area (Å²) in [6.07, 6.45) is 1.02. The number of aliphatic hydroxyl groups is 1. The van der Waals surface area contributed by atoms with E-state index in [1.165, 1.54) is 22.7 Å². The molecule has 168 valence electrons. The smallest absolute Gasteiger partial charge is 0.191 e. The van der Waals surface area contributed by atoms with Crippen LogP contribution in [-0.2, 0) is 18.7 Å². The van der Waals surface area contributed by atoms with Crippen LogP contribution in [0.4, 0.5) is 0 Å². The number of rotatable bonds is 10. The third-order valence-electron chi connectivity index (χ3n) is 5.91. The Hall–Kier alpha value is -2.38. The second-order valence-corrected chi connectivity index (χ2v) is 9.80. The monoisotopic (exact) mass is 467 g/mol. The van der Waals surface area contributed by atoms with E-state index in [-0.39, 0.29) is 0 Å². The van der Waals surface area contributed by atoms with Gasteiger partial charge >= 0.3 is 0 Å². The Morgan fingerprint density at radius 3 is 2.25 bits per heavy atom. The summed E-state index contributed by atoms with van der Waals surface area (Å²) in [7, 11) is 1.71. The van der Waals surface area contributed by atoms with Gasteiger partial charge in [-0.1, -0.05) is 37.3 Å². The fourth-order valence-electron chi connectivity index (χ4n) is 3.87. The highest BCUT2D eigenvalue weighted by molar-refractivity contribution is 7.11. The molecule has 0 saturated heterocycles. The molecule has 0 saturated carbocycles.